The first kappa shape index (κ1) is 20.3. The molecular formula is C27H18BN3O3. The Morgan fingerprint density at radius 3 is 1.74 bits per heavy atom. The van der Waals surface area contributed by atoms with Crippen LogP contribution in [0.15, 0.2) is 101 Å². The Morgan fingerprint density at radius 1 is 0.559 bits per heavy atom. The van der Waals surface area contributed by atoms with Crippen molar-refractivity contribution in [3.63, 3.8) is 0 Å². The molecule has 0 atom stereocenters. The molecule has 162 valence electrons. The molecule has 0 aliphatic rings. The molecule has 2 N–H and O–H groups in total. The summed E-state index contributed by atoms with van der Waals surface area (Å²) >= 11 is 0. The van der Waals surface area contributed by atoms with E-state index >= 15 is 0 Å². The quantitative estimate of drug-likeness (QED) is 0.391. The van der Waals surface area contributed by atoms with Gasteiger partial charge in [-0.25, -0.2) is 15.0 Å². The third-order valence-electron chi connectivity index (χ3n) is 5.77. The molecule has 7 heteroatoms. The second-order valence-corrected chi connectivity index (χ2v) is 7.95. The van der Waals surface area contributed by atoms with Crippen molar-refractivity contribution >= 4 is 34.5 Å². The standard InChI is InChI=1S/C27H18BN3O3/c32-28(33)22-13-7-12-21-20-15-14-19(16-23(20)34-24(21)22)27-30-25(17-8-3-1-4-9-17)29-26(31-27)18-10-5-2-6-11-18/h1-16,32-33H. The van der Waals surface area contributed by atoms with E-state index in [-0.39, 0.29) is 0 Å². The predicted molar refractivity (Wildman–Crippen MR) is 133 cm³/mol. The molecule has 6 nitrogen and oxygen atoms in total. The lowest BCUT2D eigenvalue weighted by molar-refractivity contribution is 0.425. The summed E-state index contributed by atoms with van der Waals surface area (Å²) in [5.41, 5.74) is 3.96. The minimum atomic E-state index is -1.62. The van der Waals surface area contributed by atoms with E-state index in [2.05, 4.69) is 0 Å². The first-order chi connectivity index (χ1) is 16.7. The van der Waals surface area contributed by atoms with E-state index in [1.807, 2.05) is 84.9 Å². The molecule has 0 unspecified atom stereocenters. The van der Waals surface area contributed by atoms with Gasteiger partial charge in [-0.05, 0) is 12.1 Å². The van der Waals surface area contributed by atoms with Gasteiger partial charge in [0, 0.05) is 32.9 Å². The van der Waals surface area contributed by atoms with E-state index in [1.165, 1.54) is 0 Å². The van der Waals surface area contributed by atoms with Crippen LogP contribution in [0.5, 0.6) is 0 Å². The average molecular weight is 443 g/mol. The fourth-order valence-corrected chi connectivity index (χ4v) is 4.10. The van der Waals surface area contributed by atoms with Gasteiger partial charge >= 0.3 is 7.12 Å². The van der Waals surface area contributed by atoms with Gasteiger partial charge in [-0.3, -0.25) is 0 Å². The summed E-state index contributed by atoms with van der Waals surface area (Å²) < 4.78 is 6.05. The van der Waals surface area contributed by atoms with Crippen molar-refractivity contribution in [3.8, 4) is 34.2 Å². The molecule has 0 aliphatic carbocycles. The summed E-state index contributed by atoms with van der Waals surface area (Å²) in [4.78, 5) is 14.3. The number of rotatable bonds is 4. The molecule has 2 heterocycles. The Kier molecular flexibility index (Phi) is 4.91. The van der Waals surface area contributed by atoms with Gasteiger partial charge in [0.25, 0.3) is 0 Å². The van der Waals surface area contributed by atoms with Crippen molar-refractivity contribution in [3.05, 3.63) is 97.1 Å². The van der Waals surface area contributed by atoms with E-state index in [1.54, 1.807) is 12.1 Å². The van der Waals surface area contributed by atoms with Gasteiger partial charge in [0.15, 0.2) is 17.5 Å². The number of furan rings is 1. The molecule has 34 heavy (non-hydrogen) atoms. The van der Waals surface area contributed by atoms with E-state index in [4.69, 9.17) is 19.4 Å². The van der Waals surface area contributed by atoms with E-state index in [0.29, 0.717) is 34.1 Å². The highest BCUT2D eigenvalue weighted by Crippen LogP contribution is 2.32. The lowest BCUT2D eigenvalue weighted by Crippen LogP contribution is -2.29. The van der Waals surface area contributed by atoms with Crippen LogP contribution in [0.25, 0.3) is 56.1 Å². The fourth-order valence-electron chi connectivity index (χ4n) is 4.10. The van der Waals surface area contributed by atoms with Crippen molar-refractivity contribution in [2.75, 3.05) is 0 Å². The average Bonchev–Trinajstić information content (AvgIpc) is 3.27. The topological polar surface area (TPSA) is 92.3 Å². The number of benzene rings is 4. The fraction of sp³-hybridized carbons (Fsp3) is 0. The molecule has 6 aromatic rings. The van der Waals surface area contributed by atoms with Gasteiger partial charge in [-0.15, -0.1) is 0 Å². The zero-order chi connectivity index (χ0) is 23.1. The maximum absolute atomic E-state index is 9.73. The summed E-state index contributed by atoms with van der Waals surface area (Å²) in [5, 5.41) is 21.1. The molecule has 6 rings (SSSR count). The van der Waals surface area contributed by atoms with Crippen LogP contribution in [0, 0.1) is 0 Å². The van der Waals surface area contributed by atoms with Gasteiger partial charge in [-0.1, -0.05) is 84.9 Å². The van der Waals surface area contributed by atoms with Gasteiger partial charge in [-0.2, -0.15) is 0 Å². The smallest absolute Gasteiger partial charge is 0.456 e. The molecule has 4 aromatic carbocycles. The van der Waals surface area contributed by atoms with E-state index in [9.17, 15) is 10.0 Å². The van der Waals surface area contributed by atoms with E-state index < -0.39 is 7.12 Å². The summed E-state index contributed by atoms with van der Waals surface area (Å²) in [6, 6.07) is 30.7. The Morgan fingerprint density at radius 2 is 1.15 bits per heavy atom. The summed E-state index contributed by atoms with van der Waals surface area (Å²) in [6.45, 7) is 0. The SMILES string of the molecule is OB(O)c1cccc2c1oc1cc(-c3nc(-c4ccccc4)nc(-c4ccccc4)n3)ccc12. The Balaban J connectivity index is 1.55. The van der Waals surface area contributed by atoms with E-state index in [0.717, 1.165) is 27.5 Å². The highest BCUT2D eigenvalue weighted by atomic mass is 16.4. The molecule has 0 spiro atoms. The number of aromatic nitrogens is 3. The molecular weight excluding hydrogens is 425 g/mol. The predicted octanol–water partition coefficient (Wildman–Crippen LogP) is 4.45. The zero-order valence-corrected chi connectivity index (χ0v) is 18.0. The molecule has 0 bridgehead atoms. The van der Waals surface area contributed by atoms with Gasteiger partial charge in [0.05, 0.1) is 0 Å². The largest absolute Gasteiger partial charge is 0.492 e. The number of hydrogen-bond donors (Lipinski definition) is 2. The molecule has 0 fully saturated rings. The van der Waals surface area contributed by atoms with Crippen LogP contribution in [0.1, 0.15) is 0 Å². The maximum atomic E-state index is 9.73. The van der Waals surface area contributed by atoms with Crippen LogP contribution < -0.4 is 5.46 Å². The Labute approximate surface area is 195 Å². The van der Waals surface area contributed by atoms with Crippen molar-refractivity contribution in [1.82, 2.24) is 15.0 Å². The lowest BCUT2D eigenvalue weighted by atomic mass is 9.79. The van der Waals surface area contributed by atoms with Gasteiger partial charge in [0.1, 0.15) is 11.2 Å². The minimum absolute atomic E-state index is 0.327. The van der Waals surface area contributed by atoms with Crippen LogP contribution in [-0.4, -0.2) is 32.1 Å². The second-order valence-electron chi connectivity index (χ2n) is 7.95. The first-order valence-electron chi connectivity index (χ1n) is 10.9. The highest BCUT2D eigenvalue weighted by molar-refractivity contribution is 6.61. The molecule has 2 aromatic heterocycles. The minimum Gasteiger partial charge on any atom is -0.456 e. The van der Waals surface area contributed by atoms with Crippen molar-refractivity contribution < 1.29 is 14.5 Å². The van der Waals surface area contributed by atoms with Crippen LogP contribution in [0.3, 0.4) is 0 Å². The molecule has 0 amide bonds. The lowest BCUT2D eigenvalue weighted by Gasteiger charge is -2.08. The van der Waals surface area contributed by atoms with Crippen LogP contribution in [-0.2, 0) is 0 Å². The Hall–Kier alpha value is -4.33. The van der Waals surface area contributed by atoms with Crippen molar-refractivity contribution in [1.29, 1.82) is 0 Å². The molecule has 0 saturated heterocycles. The zero-order valence-electron chi connectivity index (χ0n) is 18.0. The number of nitrogens with zero attached hydrogens (tertiary/aromatic N) is 3. The maximum Gasteiger partial charge on any atom is 0.492 e. The Bertz CT molecular complexity index is 1580. The number of fused-ring (bicyclic) bond motifs is 3. The number of para-hydroxylation sites is 1. The van der Waals surface area contributed by atoms with Crippen molar-refractivity contribution in [2.45, 2.75) is 0 Å². The van der Waals surface area contributed by atoms with Gasteiger partial charge in [0.2, 0.25) is 0 Å². The normalized spacial score (nSPS) is 11.2. The molecule has 0 aliphatic heterocycles. The molecule has 0 saturated carbocycles. The molecule has 0 radical (unpaired) electrons. The third-order valence-corrected chi connectivity index (χ3v) is 5.77. The summed E-state index contributed by atoms with van der Waals surface area (Å²) in [5.74, 6) is 1.69. The van der Waals surface area contributed by atoms with Crippen LogP contribution in [0.4, 0.5) is 0 Å². The monoisotopic (exact) mass is 443 g/mol. The third kappa shape index (κ3) is 3.53. The van der Waals surface area contributed by atoms with Gasteiger partial charge < -0.3 is 14.5 Å². The highest BCUT2D eigenvalue weighted by Gasteiger charge is 2.20. The summed E-state index contributed by atoms with van der Waals surface area (Å²) in [7, 11) is -1.62. The van der Waals surface area contributed by atoms with Crippen LogP contribution in [0.2, 0.25) is 0 Å². The van der Waals surface area contributed by atoms with Crippen LogP contribution >= 0.6 is 0 Å². The summed E-state index contributed by atoms with van der Waals surface area (Å²) in [6.07, 6.45) is 0. The van der Waals surface area contributed by atoms with Crippen molar-refractivity contribution in [2.24, 2.45) is 0 Å². The second kappa shape index (κ2) is 8.22. The first-order valence-corrected chi connectivity index (χ1v) is 10.9. The number of hydrogen-bond acceptors (Lipinski definition) is 6.